The van der Waals surface area contributed by atoms with Crippen LogP contribution in [0.25, 0.3) is 0 Å². The first-order valence-corrected chi connectivity index (χ1v) is 5.89. The van der Waals surface area contributed by atoms with Crippen molar-refractivity contribution in [1.29, 1.82) is 0 Å². The van der Waals surface area contributed by atoms with Crippen molar-refractivity contribution in [2.45, 2.75) is 25.7 Å². The average molecular weight is 234 g/mol. The highest BCUT2D eigenvalue weighted by molar-refractivity contribution is 5.79. The van der Waals surface area contributed by atoms with Crippen LogP contribution in [0, 0.1) is 12.8 Å². The normalized spacial score (nSPS) is 16.4. The van der Waals surface area contributed by atoms with Crippen LogP contribution in [-0.4, -0.2) is 20.2 Å². The lowest BCUT2D eigenvalue weighted by Crippen LogP contribution is -2.17. The van der Waals surface area contributed by atoms with Crippen LogP contribution in [0.15, 0.2) is 18.2 Å². The maximum Gasteiger partial charge on any atom is 0.313 e. The number of benzene rings is 1. The molecule has 0 saturated heterocycles. The smallest absolute Gasteiger partial charge is 0.313 e. The van der Waals surface area contributed by atoms with Crippen molar-refractivity contribution in [3.05, 3.63) is 29.3 Å². The SMILES string of the molecule is COC(=O)C(c1ccc(OC)cc1C)C1CC1. The summed E-state index contributed by atoms with van der Waals surface area (Å²) in [4.78, 5) is 11.8. The van der Waals surface area contributed by atoms with Crippen molar-refractivity contribution in [1.82, 2.24) is 0 Å². The molecule has 1 saturated carbocycles. The second kappa shape index (κ2) is 4.78. The van der Waals surface area contributed by atoms with Crippen LogP contribution < -0.4 is 4.74 Å². The fourth-order valence-corrected chi connectivity index (χ4v) is 2.25. The van der Waals surface area contributed by atoms with Gasteiger partial charge >= 0.3 is 5.97 Å². The Balaban J connectivity index is 2.32. The lowest BCUT2D eigenvalue weighted by atomic mass is 9.90. The predicted molar refractivity (Wildman–Crippen MR) is 65.2 cm³/mol. The fraction of sp³-hybridized carbons (Fsp3) is 0.500. The number of carbonyl (C=O) groups is 1. The second-order valence-electron chi connectivity index (χ2n) is 4.56. The predicted octanol–water partition coefficient (Wildman–Crippen LogP) is 2.67. The zero-order chi connectivity index (χ0) is 12.4. The van der Waals surface area contributed by atoms with Crippen LogP contribution in [0.3, 0.4) is 0 Å². The quantitative estimate of drug-likeness (QED) is 0.751. The summed E-state index contributed by atoms with van der Waals surface area (Å²) in [6.45, 7) is 2.01. The molecule has 1 fully saturated rings. The van der Waals surface area contributed by atoms with Crippen LogP contribution in [0.1, 0.15) is 29.9 Å². The van der Waals surface area contributed by atoms with E-state index in [1.807, 2.05) is 25.1 Å². The van der Waals surface area contributed by atoms with Gasteiger partial charge in [-0.15, -0.1) is 0 Å². The van der Waals surface area contributed by atoms with Gasteiger partial charge in [0.15, 0.2) is 0 Å². The van der Waals surface area contributed by atoms with Gasteiger partial charge in [0.2, 0.25) is 0 Å². The van der Waals surface area contributed by atoms with E-state index in [4.69, 9.17) is 9.47 Å². The number of methoxy groups -OCH3 is 2. The molecule has 1 aromatic carbocycles. The molecular weight excluding hydrogens is 216 g/mol. The van der Waals surface area contributed by atoms with Gasteiger partial charge in [-0.05, 0) is 48.9 Å². The van der Waals surface area contributed by atoms with Gasteiger partial charge in [0, 0.05) is 0 Å². The minimum Gasteiger partial charge on any atom is -0.497 e. The van der Waals surface area contributed by atoms with Crippen molar-refractivity contribution < 1.29 is 14.3 Å². The van der Waals surface area contributed by atoms with E-state index in [2.05, 4.69) is 0 Å². The molecule has 3 nitrogen and oxygen atoms in total. The Kier molecular flexibility index (Phi) is 3.36. The summed E-state index contributed by atoms with van der Waals surface area (Å²) in [7, 11) is 3.10. The molecule has 0 spiro atoms. The zero-order valence-electron chi connectivity index (χ0n) is 10.5. The van der Waals surface area contributed by atoms with Crippen molar-refractivity contribution in [2.24, 2.45) is 5.92 Å². The first-order valence-electron chi connectivity index (χ1n) is 5.89. The van der Waals surface area contributed by atoms with E-state index in [1.165, 1.54) is 7.11 Å². The maximum absolute atomic E-state index is 11.8. The van der Waals surface area contributed by atoms with Gasteiger partial charge in [-0.1, -0.05) is 6.07 Å². The molecule has 0 amide bonds. The van der Waals surface area contributed by atoms with E-state index >= 15 is 0 Å². The molecule has 0 radical (unpaired) electrons. The average Bonchev–Trinajstić information content (AvgIpc) is 3.15. The molecule has 1 aromatic rings. The zero-order valence-corrected chi connectivity index (χ0v) is 10.5. The molecule has 92 valence electrons. The van der Waals surface area contributed by atoms with E-state index in [0.29, 0.717) is 5.92 Å². The maximum atomic E-state index is 11.8. The topological polar surface area (TPSA) is 35.5 Å². The first kappa shape index (κ1) is 12.0. The molecule has 0 aromatic heterocycles. The van der Waals surface area contributed by atoms with Gasteiger partial charge in [0.25, 0.3) is 0 Å². The standard InChI is InChI=1S/C14H18O3/c1-9-8-11(16-2)6-7-12(9)13(10-4-5-10)14(15)17-3/h6-8,10,13H,4-5H2,1-3H3. The highest BCUT2D eigenvalue weighted by atomic mass is 16.5. The van der Waals surface area contributed by atoms with E-state index in [0.717, 1.165) is 29.7 Å². The number of ether oxygens (including phenoxy) is 2. The Hall–Kier alpha value is -1.51. The molecule has 0 bridgehead atoms. The molecule has 0 aliphatic heterocycles. The number of rotatable bonds is 4. The fourth-order valence-electron chi connectivity index (χ4n) is 2.25. The molecule has 3 heteroatoms. The summed E-state index contributed by atoms with van der Waals surface area (Å²) in [6, 6.07) is 5.85. The van der Waals surface area contributed by atoms with Crippen LogP contribution in [0.2, 0.25) is 0 Å². The molecule has 17 heavy (non-hydrogen) atoms. The molecular formula is C14H18O3. The van der Waals surface area contributed by atoms with Crippen LogP contribution >= 0.6 is 0 Å². The van der Waals surface area contributed by atoms with Gasteiger partial charge in [0.1, 0.15) is 5.75 Å². The van der Waals surface area contributed by atoms with Crippen molar-refractivity contribution >= 4 is 5.97 Å². The summed E-state index contributed by atoms with van der Waals surface area (Å²) >= 11 is 0. The number of hydrogen-bond acceptors (Lipinski definition) is 3. The number of esters is 1. The van der Waals surface area contributed by atoms with Gasteiger partial charge in [-0.3, -0.25) is 4.79 Å². The third-order valence-electron chi connectivity index (χ3n) is 3.36. The van der Waals surface area contributed by atoms with Gasteiger partial charge in [-0.2, -0.15) is 0 Å². The van der Waals surface area contributed by atoms with Crippen LogP contribution in [0.4, 0.5) is 0 Å². The van der Waals surface area contributed by atoms with Crippen LogP contribution in [-0.2, 0) is 9.53 Å². The van der Waals surface area contributed by atoms with Crippen LogP contribution in [0.5, 0.6) is 5.75 Å². The Bertz CT molecular complexity index is 421. The molecule has 0 N–H and O–H groups in total. The van der Waals surface area contributed by atoms with E-state index in [1.54, 1.807) is 7.11 Å². The number of hydrogen-bond donors (Lipinski definition) is 0. The third-order valence-corrected chi connectivity index (χ3v) is 3.36. The van der Waals surface area contributed by atoms with Gasteiger partial charge in [0.05, 0.1) is 20.1 Å². The summed E-state index contributed by atoms with van der Waals surface area (Å²) < 4.78 is 10.1. The largest absolute Gasteiger partial charge is 0.497 e. The third kappa shape index (κ3) is 2.43. The van der Waals surface area contributed by atoms with Gasteiger partial charge < -0.3 is 9.47 Å². The molecule has 2 rings (SSSR count). The summed E-state index contributed by atoms with van der Waals surface area (Å²) in [5.74, 6) is 1.05. The molecule has 1 atom stereocenters. The van der Waals surface area contributed by atoms with Crippen molar-refractivity contribution in [2.75, 3.05) is 14.2 Å². The monoisotopic (exact) mass is 234 g/mol. The Labute approximate surface area is 102 Å². The Morgan fingerprint density at radius 1 is 1.35 bits per heavy atom. The number of carbonyl (C=O) groups excluding carboxylic acids is 1. The Morgan fingerprint density at radius 2 is 2.06 bits per heavy atom. The minimum absolute atomic E-state index is 0.106. The molecule has 1 aliphatic rings. The lowest BCUT2D eigenvalue weighted by Gasteiger charge is -2.17. The summed E-state index contributed by atoms with van der Waals surface area (Å²) in [5.41, 5.74) is 2.16. The van der Waals surface area contributed by atoms with Crippen molar-refractivity contribution in [3.63, 3.8) is 0 Å². The summed E-state index contributed by atoms with van der Waals surface area (Å²) in [5, 5.41) is 0. The molecule has 1 unspecified atom stereocenters. The highest BCUT2D eigenvalue weighted by Gasteiger charge is 2.38. The Morgan fingerprint density at radius 3 is 2.53 bits per heavy atom. The second-order valence-corrected chi connectivity index (χ2v) is 4.56. The minimum atomic E-state index is -0.124. The lowest BCUT2D eigenvalue weighted by molar-refractivity contribution is -0.143. The summed E-state index contributed by atoms with van der Waals surface area (Å²) in [6.07, 6.45) is 2.23. The molecule has 0 heterocycles. The number of aryl methyl sites for hydroxylation is 1. The van der Waals surface area contributed by atoms with E-state index in [9.17, 15) is 4.79 Å². The van der Waals surface area contributed by atoms with Gasteiger partial charge in [-0.25, -0.2) is 0 Å². The van der Waals surface area contributed by atoms with Crippen molar-refractivity contribution in [3.8, 4) is 5.75 Å². The van der Waals surface area contributed by atoms with E-state index < -0.39 is 0 Å². The van der Waals surface area contributed by atoms with E-state index in [-0.39, 0.29) is 11.9 Å². The highest BCUT2D eigenvalue weighted by Crippen LogP contribution is 2.44. The molecule has 1 aliphatic carbocycles. The first-order chi connectivity index (χ1) is 8.17.